The topological polar surface area (TPSA) is 57.5 Å². The molecule has 2 aromatic rings. The molecule has 0 aliphatic carbocycles. The summed E-state index contributed by atoms with van der Waals surface area (Å²) in [6.45, 7) is 8.82. The van der Waals surface area contributed by atoms with Crippen LogP contribution >= 0.6 is 0 Å². The van der Waals surface area contributed by atoms with Crippen LogP contribution in [-0.2, 0) is 15.9 Å². The number of para-hydroxylation sites is 2. The number of aromatic hydroxyl groups is 2. The molecule has 0 amide bonds. The molecule has 246 valence electrons. The molecule has 43 heavy (non-hydrogen) atoms. The van der Waals surface area contributed by atoms with Crippen molar-refractivity contribution in [3.8, 4) is 11.5 Å². The van der Waals surface area contributed by atoms with Gasteiger partial charge >= 0.3 is 95.1 Å². The summed E-state index contributed by atoms with van der Waals surface area (Å²) in [6.07, 6.45) is 25.4. The predicted molar refractivity (Wildman–Crippen MR) is 194 cm³/mol. The van der Waals surface area contributed by atoms with Crippen LogP contribution in [0.5, 0.6) is 11.5 Å². The molecule has 0 saturated carbocycles. The molecular formula is C38H68O3Sn2. The molecule has 0 spiro atoms. The van der Waals surface area contributed by atoms with Crippen molar-refractivity contribution in [2.75, 3.05) is 0 Å². The molecule has 0 heterocycles. The van der Waals surface area contributed by atoms with Crippen LogP contribution < -0.4 is 0 Å². The van der Waals surface area contributed by atoms with E-state index in [1.807, 2.05) is 36.4 Å². The molecule has 0 saturated heterocycles. The number of hydrogen-bond donors (Lipinski definition) is 2. The van der Waals surface area contributed by atoms with E-state index in [1.54, 1.807) is 12.1 Å². The molecule has 0 fully saturated rings. The van der Waals surface area contributed by atoms with E-state index in [2.05, 4.69) is 27.7 Å². The number of rotatable bonds is 22. The molecule has 2 radical (unpaired) electrons. The van der Waals surface area contributed by atoms with Gasteiger partial charge in [-0.2, -0.15) is 0 Å². The maximum atomic E-state index is 11.2. The van der Waals surface area contributed by atoms with Crippen molar-refractivity contribution < 1.29 is 13.3 Å². The third-order valence-electron chi connectivity index (χ3n) is 7.70. The van der Waals surface area contributed by atoms with E-state index < -0.39 is 19.7 Å². The van der Waals surface area contributed by atoms with Crippen LogP contribution in [0.1, 0.15) is 154 Å². The van der Waals surface area contributed by atoms with Gasteiger partial charge in [-0.05, 0) is 48.9 Å². The van der Waals surface area contributed by atoms with Gasteiger partial charge in [0.2, 0.25) is 0 Å². The van der Waals surface area contributed by atoms with Gasteiger partial charge in [-0.1, -0.05) is 127 Å². The Hall–Kier alpha value is -0.563. The average molecular weight is 810 g/mol. The van der Waals surface area contributed by atoms with E-state index >= 15 is 0 Å². The fraction of sp³-hybridized carbons (Fsp3) is 0.684. The van der Waals surface area contributed by atoms with Gasteiger partial charge in [-0.15, -0.1) is 0 Å². The molecule has 0 atom stereocenters. The molecule has 0 aromatic heterocycles. The van der Waals surface area contributed by atoms with E-state index in [4.69, 9.17) is 0 Å². The Morgan fingerprint density at radius 1 is 0.465 bits per heavy atom. The van der Waals surface area contributed by atoms with Crippen LogP contribution in [0.4, 0.5) is 0 Å². The van der Waals surface area contributed by atoms with Crippen LogP contribution in [0.25, 0.3) is 0 Å². The average Bonchev–Trinajstić information content (AvgIpc) is 3.00. The Morgan fingerprint density at radius 3 is 1.09 bits per heavy atom. The summed E-state index contributed by atoms with van der Waals surface area (Å²) < 4.78 is 13.4. The van der Waals surface area contributed by atoms with Crippen LogP contribution in [0, 0.1) is 0 Å². The van der Waals surface area contributed by atoms with E-state index in [0.29, 0.717) is 11.5 Å². The van der Waals surface area contributed by atoms with Crippen molar-refractivity contribution >= 4 is 43.7 Å². The molecule has 0 unspecified atom stereocenters. The Morgan fingerprint density at radius 2 is 0.767 bits per heavy atom. The van der Waals surface area contributed by atoms with Gasteiger partial charge in [0.25, 0.3) is 0 Å². The van der Waals surface area contributed by atoms with Gasteiger partial charge in [0.05, 0.1) is 0 Å². The summed E-state index contributed by atoms with van der Waals surface area (Å²) in [5, 5.41) is 19.2. The molecule has 2 rings (SSSR count). The quantitative estimate of drug-likeness (QED) is 0.0920. The van der Waals surface area contributed by atoms with Gasteiger partial charge in [0.15, 0.2) is 0 Å². The van der Waals surface area contributed by atoms with E-state index in [0.717, 1.165) is 32.8 Å². The van der Waals surface area contributed by atoms with Crippen LogP contribution in [-0.4, -0.2) is 53.9 Å². The Balaban J connectivity index is 0. The first-order valence-electron chi connectivity index (χ1n) is 17.5. The zero-order valence-electron chi connectivity index (χ0n) is 28.7. The third kappa shape index (κ3) is 28.6. The second kappa shape index (κ2) is 34.3. The number of aryl methyl sites for hydroxylation is 2. The van der Waals surface area contributed by atoms with Gasteiger partial charge in [0.1, 0.15) is 11.5 Å². The first-order valence-corrected chi connectivity index (χ1v) is 22.8. The molecule has 2 aromatic carbocycles. The normalized spacial score (nSPS) is 10.1. The fourth-order valence-corrected chi connectivity index (χ4v) is 9.85. The molecule has 0 bridgehead atoms. The van der Waals surface area contributed by atoms with Gasteiger partial charge < -0.3 is 10.2 Å². The van der Waals surface area contributed by atoms with Gasteiger partial charge in [-0.3, -0.25) is 0 Å². The van der Waals surface area contributed by atoms with Gasteiger partial charge in [-0.25, -0.2) is 0 Å². The summed E-state index contributed by atoms with van der Waals surface area (Å²) in [6, 6.07) is 15.3. The first-order chi connectivity index (χ1) is 20.5. The Kier molecular flexibility index (Phi) is 35.6. The van der Waals surface area contributed by atoms with Crippen molar-refractivity contribution in [1.29, 1.82) is 0 Å². The minimum atomic E-state index is -1.99. The second-order valence-corrected chi connectivity index (χ2v) is 17.7. The van der Waals surface area contributed by atoms with Crippen LogP contribution in [0.3, 0.4) is 0 Å². The van der Waals surface area contributed by atoms with Crippen molar-refractivity contribution in [2.24, 2.45) is 0 Å². The standard InChI is InChI=1S/2C15H24O.2C4H9.O.2Sn.2H/c2*1-2-3-4-5-6-7-8-11-14-12-9-10-13-15(14)16;2*1-3-4-2;;;;;/h2*9-10,12-13,16H,2-8,11H2,1H3;2*1,3-4H2,2H3;;;;;. The summed E-state index contributed by atoms with van der Waals surface area (Å²) in [7, 11) is 0. The fourth-order valence-electron chi connectivity index (χ4n) is 4.86. The van der Waals surface area contributed by atoms with Crippen molar-refractivity contribution in [2.45, 2.75) is 165 Å². The molecule has 3 nitrogen and oxygen atoms in total. The number of phenolic OH excluding ortho intramolecular Hbond substituents is 2. The summed E-state index contributed by atoms with van der Waals surface area (Å²) in [5.41, 5.74) is 2.19. The molecule has 0 aliphatic rings. The Labute approximate surface area is 291 Å². The molecular weight excluding hydrogens is 742 g/mol. The monoisotopic (exact) mass is 812 g/mol. The van der Waals surface area contributed by atoms with Crippen molar-refractivity contribution in [1.82, 2.24) is 0 Å². The van der Waals surface area contributed by atoms with E-state index in [1.165, 1.54) is 116 Å². The van der Waals surface area contributed by atoms with Gasteiger partial charge in [0, 0.05) is 0 Å². The SMILES string of the molecule is CCCCCCCCCc1ccccc1O.CCCCCCCCCc1ccccc1O.CCC[CH2][Sn](=[O])[CH2]CCC.[SnH2]. The summed E-state index contributed by atoms with van der Waals surface area (Å²) in [5.74, 6) is 0.905. The van der Waals surface area contributed by atoms with E-state index in [9.17, 15) is 13.3 Å². The zero-order valence-corrected chi connectivity index (χ0v) is 35.6. The maximum absolute atomic E-state index is 11.2. The number of benzene rings is 2. The van der Waals surface area contributed by atoms with Crippen molar-refractivity contribution in [3.63, 3.8) is 0 Å². The Bertz CT molecular complexity index is 802. The van der Waals surface area contributed by atoms with Crippen LogP contribution in [0.2, 0.25) is 8.87 Å². The molecule has 0 aliphatic heterocycles. The second-order valence-electron chi connectivity index (χ2n) is 11.7. The molecule has 5 heteroatoms. The number of unbranched alkanes of at least 4 members (excludes halogenated alkanes) is 14. The third-order valence-corrected chi connectivity index (χ3v) is 12.9. The predicted octanol–water partition coefficient (Wildman–Crippen LogP) is 11.5. The zero-order chi connectivity index (χ0) is 31.1. The summed E-state index contributed by atoms with van der Waals surface area (Å²) >= 11 is -1.99. The number of hydrogen-bond acceptors (Lipinski definition) is 3. The minimum absolute atomic E-state index is 0. The van der Waals surface area contributed by atoms with Crippen LogP contribution in [0.15, 0.2) is 48.5 Å². The summed E-state index contributed by atoms with van der Waals surface area (Å²) in [4.78, 5) is 0. The van der Waals surface area contributed by atoms with E-state index in [-0.39, 0.29) is 23.9 Å². The first kappa shape index (κ1) is 44.6. The van der Waals surface area contributed by atoms with Crippen molar-refractivity contribution in [3.05, 3.63) is 59.7 Å². The molecule has 2 N–H and O–H groups in total. The number of phenols is 2.